The lowest BCUT2D eigenvalue weighted by molar-refractivity contribution is 0.315. The van der Waals surface area contributed by atoms with Gasteiger partial charge in [-0.2, -0.15) is 0 Å². The predicted octanol–water partition coefficient (Wildman–Crippen LogP) is 1.20. The number of hydrogen-bond acceptors (Lipinski definition) is 4. The van der Waals surface area contributed by atoms with Gasteiger partial charge in [0, 0.05) is 24.7 Å². The van der Waals surface area contributed by atoms with E-state index in [0.29, 0.717) is 13.1 Å². The molecular weight excluding hydrogens is 266 g/mol. The standard InChI is InChI=1S/C13H18F2N4O/c1-18(2)9-3-4-19(7-9)12-10(14)5-8(6-11(12)15)13(16)17-20/h5-6,9,20H,3-4,7H2,1-2H3,(H2,16,17). The molecule has 1 aromatic rings. The number of nitrogens with two attached hydrogens (primary N) is 1. The van der Waals surface area contributed by atoms with E-state index in [9.17, 15) is 8.78 Å². The summed E-state index contributed by atoms with van der Waals surface area (Å²) in [7, 11) is 3.89. The number of nitrogens with zero attached hydrogens (tertiary/aromatic N) is 3. The summed E-state index contributed by atoms with van der Waals surface area (Å²) in [5.41, 5.74) is 5.31. The maximum absolute atomic E-state index is 14.1. The summed E-state index contributed by atoms with van der Waals surface area (Å²) >= 11 is 0. The van der Waals surface area contributed by atoms with E-state index in [4.69, 9.17) is 10.9 Å². The second-order valence-electron chi connectivity index (χ2n) is 5.13. The molecule has 1 atom stereocenters. The van der Waals surface area contributed by atoms with Crippen LogP contribution in [0.1, 0.15) is 12.0 Å². The van der Waals surface area contributed by atoms with Gasteiger partial charge < -0.3 is 20.7 Å². The smallest absolute Gasteiger partial charge is 0.170 e. The molecule has 0 radical (unpaired) electrons. The van der Waals surface area contributed by atoms with Crippen LogP contribution in [0.15, 0.2) is 17.3 Å². The van der Waals surface area contributed by atoms with Crippen molar-refractivity contribution in [3.8, 4) is 0 Å². The lowest BCUT2D eigenvalue weighted by atomic mass is 10.1. The zero-order chi connectivity index (χ0) is 14.9. The molecule has 5 nitrogen and oxygen atoms in total. The Morgan fingerprint density at radius 1 is 1.40 bits per heavy atom. The summed E-state index contributed by atoms with van der Waals surface area (Å²) in [5, 5.41) is 11.3. The Kier molecular flexibility index (Phi) is 4.08. The number of oxime groups is 1. The molecule has 1 heterocycles. The Bertz CT molecular complexity index is 510. The van der Waals surface area contributed by atoms with Crippen molar-refractivity contribution in [3.63, 3.8) is 0 Å². The van der Waals surface area contributed by atoms with Crippen molar-refractivity contribution >= 4 is 11.5 Å². The largest absolute Gasteiger partial charge is 0.409 e. The maximum atomic E-state index is 14.1. The number of amidine groups is 1. The number of halogens is 2. The van der Waals surface area contributed by atoms with Crippen molar-refractivity contribution in [1.29, 1.82) is 0 Å². The first kappa shape index (κ1) is 14.5. The van der Waals surface area contributed by atoms with E-state index in [1.807, 2.05) is 19.0 Å². The molecule has 1 aliphatic heterocycles. The van der Waals surface area contributed by atoms with Crippen LogP contribution in [0.2, 0.25) is 0 Å². The second kappa shape index (κ2) is 5.62. The summed E-state index contributed by atoms with van der Waals surface area (Å²) < 4.78 is 28.2. The molecule has 0 aromatic heterocycles. The molecular formula is C13H18F2N4O. The van der Waals surface area contributed by atoms with Crippen molar-refractivity contribution in [1.82, 2.24) is 4.90 Å². The molecule has 2 rings (SSSR count). The van der Waals surface area contributed by atoms with Gasteiger partial charge in [-0.3, -0.25) is 0 Å². The Hall–Kier alpha value is -1.89. The molecule has 1 saturated heterocycles. The molecule has 110 valence electrons. The Labute approximate surface area is 116 Å². The van der Waals surface area contributed by atoms with E-state index >= 15 is 0 Å². The minimum Gasteiger partial charge on any atom is -0.409 e. The van der Waals surface area contributed by atoms with Crippen LogP contribution in [-0.2, 0) is 0 Å². The topological polar surface area (TPSA) is 65.1 Å². The molecule has 20 heavy (non-hydrogen) atoms. The molecule has 1 fully saturated rings. The van der Waals surface area contributed by atoms with E-state index in [1.54, 1.807) is 4.90 Å². The Balaban J connectivity index is 2.30. The molecule has 7 heteroatoms. The van der Waals surface area contributed by atoms with Crippen LogP contribution in [0, 0.1) is 11.6 Å². The van der Waals surface area contributed by atoms with Crippen LogP contribution in [0.5, 0.6) is 0 Å². The van der Waals surface area contributed by atoms with Gasteiger partial charge in [0.2, 0.25) is 0 Å². The van der Waals surface area contributed by atoms with Gasteiger partial charge in [-0.15, -0.1) is 0 Å². The minimum absolute atomic E-state index is 0.0228. The number of anilines is 1. The fourth-order valence-corrected chi connectivity index (χ4v) is 2.44. The summed E-state index contributed by atoms with van der Waals surface area (Å²) in [4.78, 5) is 3.73. The highest BCUT2D eigenvalue weighted by Gasteiger charge is 2.28. The zero-order valence-electron chi connectivity index (χ0n) is 11.5. The van der Waals surface area contributed by atoms with Crippen LogP contribution < -0.4 is 10.6 Å². The van der Waals surface area contributed by atoms with Gasteiger partial charge in [0.05, 0.1) is 0 Å². The third kappa shape index (κ3) is 2.67. The van der Waals surface area contributed by atoms with Gasteiger partial charge in [-0.1, -0.05) is 5.16 Å². The van der Waals surface area contributed by atoms with Crippen molar-refractivity contribution in [2.45, 2.75) is 12.5 Å². The van der Waals surface area contributed by atoms with Crippen LogP contribution >= 0.6 is 0 Å². The van der Waals surface area contributed by atoms with Crippen LogP contribution in [0.25, 0.3) is 0 Å². The summed E-state index contributed by atoms with van der Waals surface area (Å²) in [5.74, 6) is -1.72. The second-order valence-corrected chi connectivity index (χ2v) is 5.13. The van der Waals surface area contributed by atoms with Crippen molar-refractivity contribution in [2.75, 3.05) is 32.1 Å². The third-order valence-corrected chi connectivity index (χ3v) is 3.63. The first-order valence-corrected chi connectivity index (χ1v) is 6.32. The zero-order valence-corrected chi connectivity index (χ0v) is 11.5. The molecule has 0 saturated carbocycles. The highest BCUT2D eigenvalue weighted by molar-refractivity contribution is 5.97. The molecule has 3 N–H and O–H groups in total. The maximum Gasteiger partial charge on any atom is 0.170 e. The van der Waals surface area contributed by atoms with E-state index in [1.165, 1.54) is 0 Å². The van der Waals surface area contributed by atoms with Crippen LogP contribution in [0.3, 0.4) is 0 Å². The van der Waals surface area contributed by atoms with Gasteiger partial charge in [-0.05, 0) is 32.6 Å². The summed E-state index contributed by atoms with van der Waals surface area (Å²) in [6.07, 6.45) is 0.855. The molecule has 0 bridgehead atoms. The van der Waals surface area contributed by atoms with Gasteiger partial charge in [0.25, 0.3) is 0 Å². The average molecular weight is 284 g/mol. The fraction of sp³-hybridized carbons (Fsp3) is 0.462. The lowest BCUT2D eigenvalue weighted by Crippen LogP contribution is -2.32. The monoisotopic (exact) mass is 284 g/mol. The molecule has 1 unspecified atom stereocenters. The highest BCUT2D eigenvalue weighted by Crippen LogP contribution is 2.29. The van der Waals surface area contributed by atoms with Crippen molar-refractivity contribution < 1.29 is 14.0 Å². The van der Waals surface area contributed by atoms with Gasteiger partial charge >= 0.3 is 0 Å². The van der Waals surface area contributed by atoms with Gasteiger partial charge in [0.1, 0.15) is 17.3 Å². The number of likely N-dealkylation sites (N-methyl/N-ethyl adjacent to an activating group) is 1. The van der Waals surface area contributed by atoms with Crippen molar-refractivity contribution in [2.24, 2.45) is 10.9 Å². The summed E-state index contributed by atoms with van der Waals surface area (Å²) in [6, 6.07) is 2.44. The van der Waals surface area contributed by atoms with E-state index < -0.39 is 11.6 Å². The average Bonchev–Trinajstić information content (AvgIpc) is 2.86. The van der Waals surface area contributed by atoms with E-state index in [-0.39, 0.29) is 23.1 Å². The van der Waals surface area contributed by atoms with Crippen molar-refractivity contribution in [3.05, 3.63) is 29.3 Å². The first-order valence-electron chi connectivity index (χ1n) is 6.32. The van der Waals surface area contributed by atoms with E-state index in [0.717, 1.165) is 18.6 Å². The Morgan fingerprint density at radius 3 is 2.45 bits per heavy atom. The molecule has 0 amide bonds. The van der Waals surface area contributed by atoms with Gasteiger partial charge in [0.15, 0.2) is 5.84 Å². The van der Waals surface area contributed by atoms with Crippen LogP contribution in [0.4, 0.5) is 14.5 Å². The predicted molar refractivity (Wildman–Crippen MR) is 73.2 cm³/mol. The van der Waals surface area contributed by atoms with Gasteiger partial charge in [-0.25, -0.2) is 8.78 Å². The minimum atomic E-state index is -0.703. The molecule has 1 aromatic carbocycles. The van der Waals surface area contributed by atoms with Crippen LogP contribution in [-0.4, -0.2) is 49.2 Å². The molecule has 0 aliphatic carbocycles. The lowest BCUT2D eigenvalue weighted by Gasteiger charge is -2.23. The Morgan fingerprint density at radius 2 is 2.00 bits per heavy atom. The number of benzene rings is 1. The number of hydrogen-bond donors (Lipinski definition) is 2. The number of rotatable bonds is 3. The summed E-state index contributed by atoms with van der Waals surface area (Å²) in [6.45, 7) is 1.17. The molecule has 1 aliphatic rings. The molecule has 0 spiro atoms. The SMILES string of the molecule is CN(C)C1CCN(c2c(F)cc(C(N)=NO)cc2F)C1. The fourth-order valence-electron chi connectivity index (χ4n) is 2.44. The quantitative estimate of drug-likeness (QED) is 0.379. The first-order chi connectivity index (χ1) is 9.43. The highest BCUT2D eigenvalue weighted by atomic mass is 19.1. The normalized spacial score (nSPS) is 19.9. The third-order valence-electron chi connectivity index (χ3n) is 3.63. The van der Waals surface area contributed by atoms with E-state index in [2.05, 4.69) is 5.16 Å².